The summed E-state index contributed by atoms with van der Waals surface area (Å²) in [5.74, 6) is -0.927. The van der Waals surface area contributed by atoms with Gasteiger partial charge in [-0.15, -0.1) is 0 Å². The molecule has 1 saturated carbocycles. The molecule has 20 heavy (non-hydrogen) atoms. The van der Waals surface area contributed by atoms with Gasteiger partial charge in [-0.25, -0.2) is 4.79 Å². The van der Waals surface area contributed by atoms with Crippen LogP contribution in [0.1, 0.15) is 60.8 Å². The van der Waals surface area contributed by atoms with Gasteiger partial charge in [-0.05, 0) is 46.0 Å². The van der Waals surface area contributed by atoms with E-state index in [1.54, 1.807) is 27.7 Å². The zero-order valence-electron chi connectivity index (χ0n) is 13.5. The lowest BCUT2D eigenvalue weighted by Crippen LogP contribution is -2.60. The van der Waals surface area contributed by atoms with Gasteiger partial charge in [0.1, 0.15) is 0 Å². The zero-order valence-corrected chi connectivity index (χ0v) is 13.5. The summed E-state index contributed by atoms with van der Waals surface area (Å²) in [4.78, 5) is 23.5. The highest BCUT2D eigenvalue weighted by Gasteiger charge is 2.45. The lowest BCUT2D eigenvalue weighted by Gasteiger charge is -2.39. The molecule has 0 aromatic heterocycles. The van der Waals surface area contributed by atoms with Crippen molar-refractivity contribution in [3.05, 3.63) is 0 Å². The number of urea groups is 1. The number of hydrogen-bond acceptors (Lipinski definition) is 2. The quantitative estimate of drug-likeness (QED) is 0.742. The molecule has 1 fully saturated rings. The van der Waals surface area contributed by atoms with Crippen molar-refractivity contribution < 1.29 is 14.7 Å². The number of carboxylic acids is 1. The number of carbonyl (C=O) groups is 2. The highest BCUT2D eigenvalue weighted by atomic mass is 16.4. The van der Waals surface area contributed by atoms with Crippen molar-refractivity contribution in [3.63, 3.8) is 0 Å². The largest absolute Gasteiger partial charge is 0.481 e. The van der Waals surface area contributed by atoms with Crippen molar-refractivity contribution in [1.82, 2.24) is 10.6 Å². The number of hydrogen-bond donors (Lipinski definition) is 3. The monoisotopic (exact) mass is 284 g/mol. The Morgan fingerprint density at radius 1 is 1.20 bits per heavy atom. The number of rotatable bonds is 4. The van der Waals surface area contributed by atoms with Gasteiger partial charge < -0.3 is 15.7 Å². The van der Waals surface area contributed by atoms with Crippen LogP contribution >= 0.6 is 0 Å². The summed E-state index contributed by atoms with van der Waals surface area (Å²) in [5, 5.41) is 15.1. The molecule has 116 valence electrons. The fourth-order valence-electron chi connectivity index (χ4n) is 2.50. The van der Waals surface area contributed by atoms with Gasteiger partial charge in [0.05, 0.1) is 11.0 Å². The summed E-state index contributed by atoms with van der Waals surface area (Å²) >= 11 is 0. The van der Waals surface area contributed by atoms with Crippen LogP contribution in [0, 0.1) is 10.8 Å². The minimum atomic E-state index is -1.05. The molecule has 0 aromatic carbocycles. The van der Waals surface area contributed by atoms with Gasteiger partial charge in [0.15, 0.2) is 0 Å². The van der Waals surface area contributed by atoms with E-state index in [-0.39, 0.29) is 17.5 Å². The van der Waals surface area contributed by atoms with Crippen LogP contribution in [0.25, 0.3) is 0 Å². The summed E-state index contributed by atoms with van der Waals surface area (Å²) in [6, 6.07) is -0.143. The molecule has 0 radical (unpaired) electrons. The number of carbonyl (C=O) groups excluding carboxylic acids is 1. The SMILES string of the molecule is CC1(C)CCCC1NC(=O)NC(C)(C)C(C)(C)C(=O)O. The van der Waals surface area contributed by atoms with Gasteiger partial charge in [0.2, 0.25) is 0 Å². The molecule has 0 aliphatic heterocycles. The molecule has 1 atom stereocenters. The summed E-state index contributed by atoms with van der Waals surface area (Å²) < 4.78 is 0. The van der Waals surface area contributed by atoms with Crippen LogP contribution in [0.4, 0.5) is 4.79 Å². The Kier molecular flexibility index (Phi) is 4.42. The van der Waals surface area contributed by atoms with Crippen molar-refractivity contribution in [3.8, 4) is 0 Å². The van der Waals surface area contributed by atoms with E-state index < -0.39 is 16.9 Å². The van der Waals surface area contributed by atoms with E-state index >= 15 is 0 Å². The van der Waals surface area contributed by atoms with Gasteiger partial charge in [0.25, 0.3) is 0 Å². The number of amides is 2. The Morgan fingerprint density at radius 2 is 1.75 bits per heavy atom. The first-order valence-corrected chi connectivity index (χ1v) is 7.22. The second kappa shape index (κ2) is 5.26. The van der Waals surface area contributed by atoms with E-state index in [4.69, 9.17) is 0 Å². The zero-order chi connectivity index (χ0) is 15.8. The van der Waals surface area contributed by atoms with E-state index in [0.29, 0.717) is 0 Å². The summed E-state index contributed by atoms with van der Waals surface area (Å²) in [7, 11) is 0. The third kappa shape index (κ3) is 3.25. The molecule has 5 heteroatoms. The van der Waals surface area contributed by atoms with Crippen LogP contribution < -0.4 is 10.6 Å². The fourth-order valence-corrected chi connectivity index (χ4v) is 2.50. The third-order valence-corrected chi connectivity index (χ3v) is 5.09. The first-order valence-electron chi connectivity index (χ1n) is 7.22. The highest BCUT2D eigenvalue weighted by molar-refractivity contribution is 5.79. The molecule has 1 aliphatic rings. The Hall–Kier alpha value is -1.26. The highest BCUT2D eigenvalue weighted by Crippen LogP contribution is 2.37. The Balaban J connectivity index is 2.69. The Labute approximate surface area is 121 Å². The van der Waals surface area contributed by atoms with Crippen molar-refractivity contribution in [1.29, 1.82) is 0 Å². The molecule has 0 spiro atoms. The minimum absolute atomic E-state index is 0.101. The van der Waals surface area contributed by atoms with E-state index in [1.807, 2.05) is 0 Å². The Bertz CT molecular complexity index is 400. The summed E-state index contributed by atoms with van der Waals surface area (Å²) in [5.41, 5.74) is -1.79. The average molecular weight is 284 g/mol. The van der Waals surface area contributed by atoms with Crippen molar-refractivity contribution in [2.24, 2.45) is 10.8 Å². The average Bonchev–Trinajstić information content (AvgIpc) is 2.56. The molecular weight excluding hydrogens is 256 g/mol. The molecule has 1 rings (SSSR count). The molecular formula is C15H28N2O3. The molecule has 5 nitrogen and oxygen atoms in total. The van der Waals surface area contributed by atoms with Crippen molar-refractivity contribution in [2.75, 3.05) is 0 Å². The molecule has 0 aromatic rings. The normalized spacial score (nSPS) is 22.4. The predicted octanol–water partition coefficient (Wildman–Crippen LogP) is 2.75. The van der Waals surface area contributed by atoms with Gasteiger partial charge in [0, 0.05) is 6.04 Å². The first kappa shape index (κ1) is 16.8. The lowest BCUT2D eigenvalue weighted by atomic mass is 9.74. The number of aliphatic carboxylic acids is 1. The maximum Gasteiger partial charge on any atom is 0.315 e. The second-order valence-corrected chi connectivity index (χ2v) is 7.59. The molecule has 1 aliphatic carbocycles. The van der Waals surface area contributed by atoms with Crippen LogP contribution in [0.5, 0.6) is 0 Å². The van der Waals surface area contributed by atoms with Gasteiger partial charge >= 0.3 is 12.0 Å². The van der Waals surface area contributed by atoms with Gasteiger partial charge in [-0.3, -0.25) is 4.79 Å². The van der Waals surface area contributed by atoms with E-state index in [0.717, 1.165) is 19.3 Å². The fraction of sp³-hybridized carbons (Fsp3) is 0.867. The second-order valence-electron chi connectivity index (χ2n) is 7.59. The topological polar surface area (TPSA) is 78.4 Å². The maximum absolute atomic E-state index is 12.2. The van der Waals surface area contributed by atoms with Gasteiger partial charge in [-0.2, -0.15) is 0 Å². The molecule has 1 unspecified atom stereocenters. The van der Waals surface area contributed by atoms with E-state index in [9.17, 15) is 14.7 Å². The van der Waals surface area contributed by atoms with Crippen LogP contribution in [0.2, 0.25) is 0 Å². The summed E-state index contributed by atoms with van der Waals surface area (Å²) in [6.45, 7) is 11.0. The third-order valence-electron chi connectivity index (χ3n) is 5.09. The predicted molar refractivity (Wildman–Crippen MR) is 78.6 cm³/mol. The molecule has 3 N–H and O–H groups in total. The van der Waals surface area contributed by atoms with Crippen molar-refractivity contribution in [2.45, 2.75) is 72.4 Å². The van der Waals surface area contributed by atoms with Gasteiger partial charge in [-0.1, -0.05) is 20.3 Å². The lowest BCUT2D eigenvalue weighted by molar-refractivity contribution is -0.150. The van der Waals surface area contributed by atoms with Crippen LogP contribution in [-0.4, -0.2) is 28.7 Å². The standard InChI is InChI=1S/C15H28N2O3/c1-13(2)9-7-8-10(13)16-12(20)17-15(5,6)14(3,4)11(18)19/h10H,7-9H2,1-6H3,(H,18,19)(H2,16,17,20). The minimum Gasteiger partial charge on any atom is -0.481 e. The van der Waals surface area contributed by atoms with Crippen LogP contribution in [0.15, 0.2) is 0 Å². The molecule has 0 bridgehead atoms. The number of carboxylic acid groups (broad SMARTS) is 1. The number of nitrogens with one attached hydrogen (secondary N) is 2. The maximum atomic E-state index is 12.2. The summed E-state index contributed by atoms with van der Waals surface area (Å²) in [6.07, 6.45) is 3.19. The van der Waals surface area contributed by atoms with E-state index in [1.165, 1.54) is 0 Å². The first-order chi connectivity index (χ1) is 8.90. The molecule has 2 amide bonds. The van der Waals surface area contributed by atoms with Crippen molar-refractivity contribution >= 4 is 12.0 Å². The van der Waals surface area contributed by atoms with Crippen LogP contribution in [-0.2, 0) is 4.79 Å². The molecule has 0 heterocycles. The smallest absolute Gasteiger partial charge is 0.315 e. The Morgan fingerprint density at radius 3 is 2.15 bits per heavy atom. The van der Waals surface area contributed by atoms with Crippen LogP contribution in [0.3, 0.4) is 0 Å². The van der Waals surface area contributed by atoms with E-state index in [2.05, 4.69) is 24.5 Å². The molecule has 0 saturated heterocycles.